The second-order valence-electron chi connectivity index (χ2n) is 6.22. The monoisotopic (exact) mass is 380 g/mol. The largest absolute Gasteiger partial charge is 0.491 e. The minimum Gasteiger partial charge on any atom is -0.491 e. The zero-order chi connectivity index (χ0) is 18.2. The van der Waals surface area contributed by atoms with Gasteiger partial charge in [-0.3, -0.25) is 15.0 Å². The number of aliphatic hydroxyl groups excluding tert-OH is 1. The molecule has 2 aromatic carbocycles. The molecule has 0 fully saturated rings. The van der Waals surface area contributed by atoms with Gasteiger partial charge in [0.05, 0.1) is 4.92 Å². The maximum absolute atomic E-state index is 10.6. The van der Waals surface area contributed by atoms with Gasteiger partial charge in [-0.15, -0.1) is 12.4 Å². The molecular weight excluding hydrogens is 356 g/mol. The van der Waals surface area contributed by atoms with Crippen molar-refractivity contribution in [2.75, 3.05) is 13.2 Å². The van der Waals surface area contributed by atoms with Crippen LogP contribution < -0.4 is 4.74 Å². The highest BCUT2D eigenvalue weighted by atomic mass is 35.5. The molecule has 7 heteroatoms. The molecule has 0 saturated heterocycles. The van der Waals surface area contributed by atoms with E-state index in [0.29, 0.717) is 12.3 Å². The highest BCUT2D eigenvalue weighted by Gasteiger charge is 2.16. The van der Waals surface area contributed by atoms with Crippen molar-refractivity contribution < 1.29 is 14.8 Å². The summed E-state index contributed by atoms with van der Waals surface area (Å²) < 4.78 is 5.53. The number of non-ortho nitro benzene ring substituents is 1. The molecule has 0 bridgehead atoms. The second-order valence-corrected chi connectivity index (χ2v) is 6.22. The van der Waals surface area contributed by atoms with E-state index in [2.05, 4.69) is 30.9 Å². The normalized spacial score (nSPS) is 11.9. The summed E-state index contributed by atoms with van der Waals surface area (Å²) in [6, 6.07) is 16.2. The van der Waals surface area contributed by atoms with Gasteiger partial charge in [0.1, 0.15) is 18.5 Å². The van der Waals surface area contributed by atoms with Gasteiger partial charge in [0.15, 0.2) is 0 Å². The van der Waals surface area contributed by atoms with Crippen LogP contribution in [0.2, 0.25) is 0 Å². The molecule has 2 aromatic rings. The van der Waals surface area contributed by atoms with Gasteiger partial charge in [-0.25, -0.2) is 0 Å². The Morgan fingerprint density at radius 2 is 1.73 bits per heavy atom. The summed E-state index contributed by atoms with van der Waals surface area (Å²) in [6.45, 7) is 5.56. The number of nitrogens with zero attached hydrogens (tertiary/aromatic N) is 2. The Bertz CT molecular complexity index is 665. The van der Waals surface area contributed by atoms with Crippen LogP contribution in [0.15, 0.2) is 54.6 Å². The molecule has 1 N–H and O–H groups in total. The predicted octanol–water partition coefficient (Wildman–Crippen LogP) is 3.67. The van der Waals surface area contributed by atoms with Gasteiger partial charge in [-0.05, 0) is 31.5 Å². The number of ether oxygens (including phenoxy) is 1. The SMILES string of the molecule is CC(C)N(Cc1ccccc1)CC(O)COc1ccc([N+](=O)[O-])cc1.Cl. The van der Waals surface area contributed by atoms with Crippen LogP contribution in [0.5, 0.6) is 5.75 Å². The highest BCUT2D eigenvalue weighted by molar-refractivity contribution is 5.85. The van der Waals surface area contributed by atoms with Gasteiger partial charge in [-0.2, -0.15) is 0 Å². The Hall–Kier alpha value is -2.15. The second kappa shape index (κ2) is 10.8. The molecule has 2 rings (SSSR count). The summed E-state index contributed by atoms with van der Waals surface area (Å²) in [5.41, 5.74) is 1.21. The molecule has 0 radical (unpaired) electrons. The average molecular weight is 381 g/mol. The number of hydrogen-bond acceptors (Lipinski definition) is 5. The van der Waals surface area contributed by atoms with Crippen LogP contribution in [0.25, 0.3) is 0 Å². The van der Waals surface area contributed by atoms with Crippen molar-refractivity contribution in [2.45, 2.75) is 32.5 Å². The molecule has 6 nitrogen and oxygen atoms in total. The van der Waals surface area contributed by atoms with Crippen LogP contribution in [0.3, 0.4) is 0 Å². The van der Waals surface area contributed by atoms with Gasteiger partial charge < -0.3 is 9.84 Å². The summed E-state index contributed by atoms with van der Waals surface area (Å²) >= 11 is 0. The molecule has 0 spiro atoms. The summed E-state index contributed by atoms with van der Waals surface area (Å²) in [5.74, 6) is 0.504. The molecule has 1 unspecified atom stereocenters. The standard InChI is InChI=1S/C19H24N2O4.ClH/c1-15(2)20(12-16-6-4-3-5-7-16)13-18(22)14-25-19-10-8-17(9-11-19)21(23)24;/h3-11,15,18,22H,12-14H2,1-2H3;1H. The Balaban J connectivity index is 0.00000338. The van der Waals surface area contributed by atoms with Crippen LogP contribution in [0.1, 0.15) is 19.4 Å². The third-order valence-electron chi connectivity index (χ3n) is 3.89. The van der Waals surface area contributed by atoms with Crippen LogP contribution in [0.4, 0.5) is 5.69 Å². The Morgan fingerprint density at radius 3 is 2.27 bits per heavy atom. The Kier molecular flexibility index (Phi) is 9.05. The van der Waals surface area contributed by atoms with Crippen LogP contribution in [0, 0.1) is 10.1 Å². The lowest BCUT2D eigenvalue weighted by Crippen LogP contribution is -2.39. The number of nitro groups is 1. The van der Waals surface area contributed by atoms with Crippen LogP contribution in [-0.2, 0) is 6.54 Å². The van der Waals surface area contributed by atoms with E-state index in [1.807, 2.05) is 18.2 Å². The zero-order valence-corrected chi connectivity index (χ0v) is 15.8. The lowest BCUT2D eigenvalue weighted by molar-refractivity contribution is -0.384. The average Bonchev–Trinajstić information content (AvgIpc) is 2.60. The van der Waals surface area contributed by atoms with Crippen molar-refractivity contribution in [3.63, 3.8) is 0 Å². The molecule has 26 heavy (non-hydrogen) atoms. The smallest absolute Gasteiger partial charge is 0.269 e. The number of aliphatic hydroxyl groups is 1. The van der Waals surface area contributed by atoms with Crippen molar-refractivity contribution in [3.8, 4) is 5.75 Å². The Morgan fingerprint density at radius 1 is 1.12 bits per heavy atom. The third kappa shape index (κ3) is 7.00. The highest BCUT2D eigenvalue weighted by Crippen LogP contribution is 2.17. The van der Waals surface area contributed by atoms with Gasteiger partial charge in [0.2, 0.25) is 0 Å². The number of benzene rings is 2. The van der Waals surface area contributed by atoms with Gasteiger partial charge in [0.25, 0.3) is 5.69 Å². The zero-order valence-electron chi connectivity index (χ0n) is 14.9. The van der Waals surface area contributed by atoms with Gasteiger partial charge >= 0.3 is 0 Å². The van der Waals surface area contributed by atoms with E-state index in [-0.39, 0.29) is 30.7 Å². The summed E-state index contributed by atoms with van der Waals surface area (Å²) in [7, 11) is 0. The predicted molar refractivity (Wildman–Crippen MR) is 104 cm³/mol. The first kappa shape index (κ1) is 21.9. The maximum atomic E-state index is 10.6. The topological polar surface area (TPSA) is 75.8 Å². The quantitative estimate of drug-likeness (QED) is 0.530. The van der Waals surface area contributed by atoms with E-state index < -0.39 is 11.0 Å². The van der Waals surface area contributed by atoms with E-state index in [4.69, 9.17) is 4.74 Å². The molecule has 0 aliphatic carbocycles. The van der Waals surface area contributed by atoms with E-state index >= 15 is 0 Å². The van der Waals surface area contributed by atoms with Gasteiger partial charge in [-0.1, -0.05) is 30.3 Å². The van der Waals surface area contributed by atoms with Crippen LogP contribution >= 0.6 is 12.4 Å². The van der Waals surface area contributed by atoms with Gasteiger partial charge in [0, 0.05) is 31.3 Å². The minimum atomic E-state index is -0.652. The maximum Gasteiger partial charge on any atom is 0.269 e. The van der Waals surface area contributed by atoms with E-state index in [1.54, 1.807) is 0 Å². The summed E-state index contributed by atoms with van der Waals surface area (Å²) in [4.78, 5) is 12.4. The molecule has 1 atom stereocenters. The van der Waals surface area contributed by atoms with E-state index in [1.165, 1.54) is 29.8 Å². The molecular formula is C19H25ClN2O4. The third-order valence-corrected chi connectivity index (χ3v) is 3.89. The fourth-order valence-corrected chi connectivity index (χ4v) is 2.46. The Labute approximate surface area is 160 Å². The first-order valence-corrected chi connectivity index (χ1v) is 8.29. The van der Waals surface area contributed by atoms with Crippen molar-refractivity contribution in [1.82, 2.24) is 4.90 Å². The molecule has 0 aliphatic rings. The lowest BCUT2D eigenvalue weighted by Gasteiger charge is -2.28. The van der Waals surface area contributed by atoms with Crippen molar-refractivity contribution in [2.24, 2.45) is 0 Å². The fraction of sp³-hybridized carbons (Fsp3) is 0.368. The fourth-order valence-electron chi connectivity index (χ4n) is 2.46. The number of halogens is 1. The van der Waals surface area contributed by atoms with E-state index in [0.717, 1.165) is 6.54 Å². The molecule has 0 amide bonds. The molecule has 142 valence electrons. The number of nitro benzene ring substituents is 1. The number of rotatable bonds is 9. The molecule has 0 saturated carbocycles. The minimum absolute atomic E-state index is 0. The molecule has 0 aromatic heterocycles. The summed E-state index contributed by atoms with van der Waals surface area (Å²) in [6.07, 6.45) is -0.652. The lowest BCUT2D eigenvalue weighted by atomic mass is 10.1. The summed E-state index contributed by atoms with van der Waals surface area (Å²) in [5, 5.41) is 20.9. The molecule has 0 heterocycles. The van der Waals surface area contributed by atoms with Crippen molar-refractivity contribution >= 4 is 18.1 Å². The molecule has 0 aliphatic heterocycles. The van der Waals surface area contributed by atoms with Crippen molar-refractivity contribution in [1.29, 1.82) is 0 Å². The van der Waals surface area contributed by atoms with E-state index in [9.17, 15) is 15.2 Å². The first-order chi connectivity index (χ1) is 12.0. The number of hydrogen-bond donors (Lipinski definition) is 1. The van der Waals surface area contributed by atoms with Crippen molar-refractivity contribution in [3.05, 3.63) is 70.3 Å². The first-order valence-electron chi connectivity index (χ1n) is 8.29. The van der Waals surface area contributed by atoms with Crippen LogP contribution in [-0.4, -0.2) is 40.2 Å².